The number of aromatic nitrogens is 1. The van der Waals surface area contributed by atoms with Crippen molar-refractivity contribution in [3.05, 3.63) is 58.5 Å². The fourth-order valence-electron chi connectivity index (χ4n) is 1.67. The van der Waals surface area contributed by atoms with E-state index in [1.807, 2.05) is 6.07 Å². The first-order valence-corrected chi connectivity index (χ1v) is 6.26. The van der Waals surface area contributed by atoms with E-state index in [9.17, 15) is 9.59 Å². The summed E-state index contributed by atoms with van der Waals surface area (Å²) < 4.78 is 6.31. The molecule has 19 heavy (non-hydrogen) atoms. The quantitative estimate of drug-likeness (QED) is 0.690. The van der Waals surface area contributed by atoms with E-state index >= 15 is 0 Å². The first kappa shape index (κ1) is 13.4. The zero-order valence-electron chi connectivity index (χ0n) is 10.4. The third-order valence-corrected chi connectivity index (χ3v) is 2.81. The molecule has 0 unspecified atom stereocenters. The van der Waals surface area contributed by atoms with Crippen LogP contribution < -0.4 is 5.56 Å². The maximum Gasteiger partial charge on any atom is 0.339 e. The molecule has 1 heterocycles. The Morgan fingerprint density at radius 3 is 2.79 bits per heavy atom. The molecule has 0 amide bonds. The molecule has 2 aromatic rings. The van der Waals surface area contributed by atoms with Crippen LogP contribution >= 0.6 is 12.6 Å². The minimum atomic E-state index is -0.446. The Labute approximate surface area is 116 Å². The Bertz CT molecular complexity index is 664. The second kappa shape index (κ2) is 5.75. The summed E-state index contributed by atoms with van der Waals surface area (Å²) >= 11 is 4.23. The number of benzene rings is 1. The minimum Gasteiger partial charge on any atom is -0.462 e. The van der Waals surface area contributed by atoms with Gasteiger partial charge in [0.25, 0.3) is 5.56 Å². The van der Waals surface area contributed by atoms with E-state index in [1.165, 1.54) is 22.9 Å². The lowest BCUT2D eigenvalue weighted by Gasteiger charge is -2.08. The van der Waals surface area contributed by atoms with Crippen LogP contribution in [0, 0.1) is 0 Å². The van der Waals surface area contributed by atoms with Gasteiger partial charge in [0.2, 0.25) is 0 Å². The summed E-state index contributed by atoms with van der Waals surface area (Å²) in [5, 5.41) is 0. The normalized spacial score (nSPS) is 10.2. The lowest BCUT2D eigenvalue weighted by molar-refractivity contribution is 0.0525. The predicted molar refractivity (Wildman–Crippen MR) is 75.2 cm³/mol. The van der Waals surface area contributed by atoms with Crippen LogP contribution in [0.4, 0.5) is 0 Å². The molecular weight excluding hydrogens is 262 g/mol. The Morgan fingerprint density at radius 2 is 2.11 bits per heavy atom. The highest BCUT2D eigenvalue weighted by molar-refractivity contribution is 7.80. The smallest absolute Gasteiger partial charge is 0.339 e. The van der Waals surface area contributed by atoms with E-state index in [4.69, 9.17) is 4.74 Å². The summed E-state index contributed by atoms with van der Waals surface area (Å²) in [6.45, 7) is 2.03. The van der Waals surface area contributed by atoms with Gasteiger partial charge >= 0.3 is 5.97 Å². The Morgan fingerprint density at radius 1 is 1.32 bits per heavy atom. The number of hydrogen-bond acceptors (Lipinski definition) is 4. The molecule has 0 bridgehead atoms. The van der Waals surface area contributed by atoms with Crippen molar-refractivity contribution in [2.24, 2.45) is 0 Å². The van der Waals surface area contributed by atoms with Crippen molar-refractivity contribution in [3.63, 3.8) is 0 Å². The van der Waals surface area contributed by atoms with Crippen molar-refractivity contribution >= 4 is 18.6 Å². The van der Waals surface area contributed by atoms with Crippen LogP contribution in [0.25, 0.3) is 5.69 Å². The Balaban J connectivity index is 2.48. The molecule has 98 valence electrons. The van der Waals surface area contributed by atoms with E-state index in [-0.39, 0.29) is 5.56 Å². The maximum atomic E-state index is 11.8. The molecule has 0 saturated heterocycles. The number of rotatable bonds is 3. The van der Waals surface area contributed by atoms with Crippen LogP contribution in [-0.2, 0) is 4.74 Å². The number of ether oxygens (including phenoxy) is 1. The summed E-state index contributed by atoms with van der Waals surface area (Å²) in [7, 11) is 0. The summed E-state index contributed by atoms with van der Waals surface area (Å²) in [6, 6.07) is 9.93. The van der Waals surface area contributed by atoms with Crippen molar-refractivity contribution in [2.45, 2.75) is 11.8 Å². The van der Waals surface area contributed by atoms with E-state index in [1.54, 1.807) is 25.1 Å². The largest absolute Gasteiger partial charge is 0.462 e. The average Bonchev–Trinajstić information content (AvgIpc) is 2.39. The molecule has 1 aromatic heterocycles. The van der Waals surface area contributed by atoms with E-state index in [2.05, 4.69) is 12.6 Å². The van der Waals surface area contributed by atoms with Gasteiger partial charge in [0.1, 0.15) is 0 Å². The molecule has 1 aromatic carbocycles. The summed E-state index contributed by atoms with van der Waals surface area (Å²) in [4.78, 5) is 24.2. The number of nitrogens with zero attached hydrogens (tertiary/aromatic N) is 1. The SMILES string of the molecule is CCOC(=O)c1ccc(=O)n(-c2cccc(S)c2)c1. The summed E-state index contributed by atoms with van der Waals surface area (Å²) in [6.07, 6.45) is 1.48. The van der Waals surface area contributed by atoms with Gasteiger partial charge in [-0.05, 0) is 31.2 Å². The third-order valence-electron chi connectivity index (χ3n) is 2.53. The van der Waals surface area contributed by atoms with Gasteiger partial charge in [-0.3, -0.25) is 9.36 Å². The highest BCUT2D eigenvalue weighted by Gasteiger charge is 2.09. The van der Waals surface area contributed by atoms with Crippen molar-refractivity contribution < 1.29 is 9.53 Å². The number of thiol groups is 1. The zero-order chi connectivity index (χ0) is 13.8. The molecule has 0 aliphatic rings. The first-order chi connectivity index (χ1) is 9.11. The highest BCUT2D eigenvalue weighted by atomic mass is 32.1. The lowest BCUT2D eigenvalue weighted by atomic mass is 10.2. The molecule has 0 spiro atoms. The average molecular weight is 275 g/mol. The molecule has 0 atom stereocenters. The Hall–Kier alpha value is -2.01. The number of hydrogen-bond donors (Lipinski definition) is 1. The van der Waals surface area contributed by atoms with Gasteiger partial charge in [0.05, 0.1) is 12.2 Å². The molecular formula is C14H13NO3S. The van der Waals surface area contributed by atoms with Crippen LogP contribution in [0.2, 0.25) is 0 Å². The predicted octanol–water partition coefficient (Wildman–Crippen LogP) is 2.30. The highest BCUT2D eigenvalue weighted by Crippen LogP contribution is 2.12. The van der Waals surface area contributed by atoms with Gasteiger partial charge in [-0.2, -0.15) is 0 Å². The van der Waals surface area contributed by atoms with Crippen molar-refractivity contribution in [1.82, 2.24) is 4.57 Å². The summed E-state index contributed by atoms with van der Waals surface area (Å²) in [5.41, 5.74) is 0.779. The van der Waals surface area contributed by atoms with Crippen LogP contribution in [-0.4, -0.2) is 17.1 Å². The fraction of sp³-hybridized carbons (Fsp3) is 0.143. The van der Waals surface area contributed by atoms with Gasteiger partial charge in [-0.1, -0.05) is 6.07 Å². The molecule has 0 radical (unpaired) electrons. The number of esters is 1. The van der Waals surface area contributed by atoms with Crippen molar-refractivity contribution in [2.75, 3.05) is 6.61 Å². The number of carbonyl (C=O) groups is 1. The molecule has 0 fully saturated rings. The lowest BCUT2D eigenvalue weighted by Crippen LogP contribution is -2.19. The van der Waals surface area contributed by atoms with E-state index in [0.29, 0.717) is 17.9 Å². The van der Waals surface area contributed by atoms with Gasteiger partial charge in [-0.25, -0.2) is 4.79 Å². The molecule has 0 aliphatic carbocycles. The molecule has 4 nitrogen and oxygen atoms in total. The first-order valence-electron chi connectivity index (χ1n) is 5.81. The molecule has 0 saturated carbocycles. The van der Waals surface area contributed by atoms with Crippen LogP contribution in [0.1, 0.15) is 17.3 Å². The van der Waals surface area contributed by atoms with E-state index in [0.717, 1.165) is 4.90 Å². The van der Waals surface area contributed by atoms with Gasteiger partial charge in [0, 0.05) is 22.8 Å². The molecule has 5 heteroatoms. The topological polar surface area (TPSA) is 48.3 Å². The molecule has 2 rings (SSSR count). The fourth-order valence-corrected chi connectivity index (χ4v) is 1.89. The Kier molecular flexibility index (Phi) is 4.06. The van der Waals surface area contributed by atoms with Crippen molar-refractivity contribution in [1.29, 1.82) is 0 Å². The molecule has 0 aliphatic heterocycles. The summed E-state index contributed by atoms with van der Waals surface area (Å²) in [5.74, 6) is -0.446. The van der Waals surface area contributed by atoms with Crippen molar-refractivity contribution in [3.8, 4) is 5.69 Å². The third kappa shape index (κ3) is 3.06. The van der Waals surface area contributed by atoms with E-state index < -0.39 is 5.97 Å². The number of carbonyl (C=O) groups excluding carboxylic acids is 1. The standard InChI is InChI=1S/C14H13NO3S/c1-2-18-14(17)10-6-7-13(16)15(9-10)11-4-3-5-12(19)8-11/h3-9,19H,2H2,1H3. The van der Waals surface area contributed by atoms with Gasteiger partial charge < -0.3 is 4.74 Å². The van der Waals surface area contributed by atoms with Gasteiger partial charge in [-0.15, -0.1) is 12.6 Å². The molecule has 0 N–H and O–H groups in total. The van der Waals surface area contributed by atoms with Crippen LogP contribution in [0.15, 0.2) is 52.3 Å². The van der Waals surface area contributed by atoms with Crippen LogP contribution in [0.5, 0.6) is 0 Å². The monoisotopic (exact) mass is 275 g/mol. The second-order valence-corrected chi connectivity index (χ2v) is 4.38. The zero-order valence-corrected chi connectivity index (χ0v) is 11.3. The van der Waals surface area contributed by atoms with Gasteiger partial charge in [0.15, 0.2) is 0 Å². The van der Waals surface area contributed by atoms with Crippen LogP contribution in [0.3, 0.4) is 0 Å². The second-order valence-electron chi connectivity index (χ2n) is 3.87. The maximum absolute atomic E-state index is 11.8. The minimum absolute atomic E-state index is 0.216. The number of pyridine rings is 1.